The quantitative estimate of drug-likeness (QED) is 0.430. The minimum Gasteiger partial charge on any atom is -0.484 e. The summed E-state index contributed by atoms with van der Waals surface area (Å²) < 4.78 is 17.2. The molecule has 30 heavy (non-hydrogen) atoms. The van der Waals surface area contributed by atoms with Gasteiger partial charge in [-0.3, -0.25) is 4.79 Å². The van der Waals surface area contributed by atoms with E-state index in [1.165, 1.54) is 4.68 Å². The molecule has 9 heteroatoms. The second-order valence-electron chi connectivity index (χ2n) is 6.37. The number of aryl methyl sites for hydroxylation is 1. The van der Waals surface area contributed by atoms with Crippen molar-refractivity contribution in [1.82, 2.24) is 9.78 Å². The standard InChI is InChI=1S/C21H21N3O5S/c1-3-27-20(26)15-7-9-16(10-8-15)22-18(25)12-24-21(30)29-19(23-24)13-28-17-6-4-5-14(2)11-17/h4-11H,3,12-13H2,1-2H3,(H,22,25). The third-order valence-electron chi connectivity index (χ3n) is 3.97. The van der Waals surface area contributed by atoms with Gasteiger partial charge in [-0.2, -0.15) is 0 Å². The van der Waals surface area contributed by atoms with Gasteiger partial charge in [-0.15, -0.1) is 5.10 Å². The lowest BCUT2D eigenvalue weighted by Gasteiger charge is -2.06. The second kappa shape index (κ2) is 9.84. The highest BCUT2D eigenvalue weighted by molar-refractivity contribution is 7.71. The summed E-state index contributed by atoms with van der Waals surface area (Å²) in [6, 6.07) is 14.0. The molecule has 8 nitrogen and oxygen atoms in total. The minimum absolute atomic E-state index is 0.0747. The van der Waals surface area contributed by atoms with E-state index in [1.807, 2.05) is 31.2 Å². The van der Waals surface area contributed by atoms with E-state index in [0.29, 0.717) is 23.6 Å². The highest BCUT2D eigenvalue weighted by Crippen LogP contribution is 2.14. The molecule has 156 valence electrons. The van der Waals surface area contributed by atoms with Crippen LogP contribution in [0.3, 0.4) is 0 Å². The van der Waals surface area contributed by atoms with E-state index in [-0.39, 0.29) is 29.8 Å². The molecule has 0 aliphatic carbocycles. The third kappa shape index (κ3) is 5.77. The first-order valence-electron chi connectivity index (χ1n) is 9.28. The molecule has 0 aliphatic rings. The molecule has 3 aromatic rings. The predicted octanol–water partition coefficient (Wildman–Crippen LogP) is 3.91. The van der Waals surface area contributed by atoms with Crippen molar-refractivity contribution >= 4 is 29.8 Å². The van der Waals surface area contributed by atoms with Crippen molar-refractivity contribution in [2.45, 2.75) is 27.0 Å². The number of anilines is 1. The summed E-state index contributed by atoms with van der Waals surface area (Å²) in [6.07, 6.45) is 0. The van der Waals surface area contributed by atoms with Gasteiger partial charge in [-0.05, 0) is 68.0 Å². The number of nitrogens with zero attached hydrogens (tertiary/aromatic N) is 2. The maximum Gasteiger partial charge on any atom is 0.338 e. The number of rotatable bonds is 8. The van der Waals surface area contributed by atoms with Crippen LogP contribution < -0.4 is 10.1 Å². The van der Waals surface area contributed by atoms with Crippen molar-refractivity contribution in [2.24, 2.45) is 0 Å². The summed E-state index contributed by atoms with van der Waals surface area (Å²) in [5.74, 6) is 0.210. The fraction of sp³-hybridized carbons (Fsp3) is 0.238. The lowest BCUT2D eigenvalue weighted by atomic mass is 10.2. The summed E-state index contributed by atoms with van der Waals surface area (Å²) in [4.78, 5) is 24.0. The van der Waals surface area contributed by atoms with Gasteiger partial charge in [-0.1, -0.05) is 12.1 Å². The van der Waals surface area contributed by atoms with Crippen molar-refractivity contribution in [2.75, 3.05) is 11.9 Å². The molecule has 0 unspecified atom stereocenters. The number of nitrogens with one attached hydrogen (secondary N) is 1. The normalized spacial score (nSPS) is 10.5. The minimum atomic E-state index is -0.412. The van der Waals surface area contributed by atoms with Crippen LogP contribution in [0.1, 0.15) is 28.7 Å². The molecule has 0 radical (unpaired) electrons. The topological polar surface area (TPSA) is 95.6 Å². The molecule has 3 rings (SSSR count). The lowest BCUT2D eigenvalue weighted by molar-refractivity contribution is -0.117. The van der Waals surface area contributed by atoms with Crippen LogP contribution in [0.2, 0.25) is 0 Å². The zero-order valence-electron chi connectivity index (χ0n) is 16.6. The number of carbonyl (C=O) groups excluding carboxylic acids is 2. The fourth-order valence-corrected chi connectivity index (χ4v) is 2.80. The largest absolute Gasteiger partial charge is 0.484 e. The van der Waals surface area contributed by atoms with Crippen LogP contribution in [0.4, 0.5) is 5.69 Å². The number of aromatic nitrogens is 2. The molecule has 0 spiro atoms. The molecule has 2 aromatic carbocycles. The Bertz CT molecular complexity index is 1090. The molecule has 0 fully saturated rings. The average molecular weight is 427 g/mol. The maximum absolute atomic E-state index is 12.3. The Kier molecular flexibility index (Phi) is 6.97. The molecular formula is C21H21N3O5S. The van der Waals surface area contributed by atoms with E-state index < -0.39 is 5.97 Å². The van der Waals surface area contributed by atoms with Crippen molar-refractivity contribution in [3.8, 4) is 5.75 Å². The lowest BCUT2D eigenvalue weighted by Crippen LogP contribution is -2.19. The smallest absolute Gasteiger partial charge is 0.338 e. The Morgan fingerprint density at radius 2 is 1.97 bits per heavy atom. The first kappa shape index (κ1) is 21.3. The number of ether oxygens (including phenoxy) is 2. The van der Waals surface area contributed by atoms with Crippen molar-refractivity contribution < 1.29 is 23.5 Å². The Morgan fingerprint density at radius 1 is 1.20 bits per heavy atom. The molecule has 1 amide bonds. The zero-order valence-corrected chi connectivity index (χ0v) is 17.4. The second-order valence-corrected chi connectivity index (χ2v) is 6.72. The van der Waals surface area contributed by atoms with E-state index in [2.05, 4.69) is 10.4 Å². The molecule has 0 atom stereocenters. The highest BCUT2D eigenvalue weighted by atomic mass is 32.1. The maximum atomic E-state index is 12.3. The molecule has 0 saturated heterocycles. The van der Waals surface area contributed by atoms with E-state index in [9.17, 15) is 9.59 Å². The van der Waals surface area contributed by atoms with Gasteiger partial charge in [0.05, 0.1) is 12.2 Å². The molecular weight excluding hydrogens is 406 g/mol. The molecule has 1 heterocycles. The number of esters is 1. The molecule has 0 bridgehead atoms. The van der Waals surface area contributed by atoms with E-state index >= 15 is 0 Å². The van der Waals surface area contributed by atoms with Crippen LogP contribution in [-0.2, 0) is 22.7 Å². The van der Waals surface area contributed by atoms with Crippen molar-refractivity contribution in [3.63, 3.8) is 0 Å². The average Bonchev–Trinajstić information content (AvgIpc) is 3.06. The molecule has 0 aliphatic heterocycles. The number of benzene rings is 2. The monoisotopic (exact) mass is 427 g/mol. The van der Waals surface area contributed by atoms with E-state index in [1.54, 1.807) is 31.2 Å². The first-order valence-corrected chi connectivity index (χ1v) is 9.68. The van der Waals surface area contributed by atoms with Crippen LogP contribution in [0.25, 0.3) is 0 Å². The van der Waals surface area contributed by atoms with Gasteiger partial charge in [0.1, 0.15) is 12.3 Å². The summed E-state index contributed by atoms with van der Waals surface area (Å²) in [7, 11) is 0. The Balaban J connectivity index is 1.56. The van der Waals surface area contributed by atoms with Gasteiger partial charge in [0, 0.05) is 5.69 Å². The predicted molar refractivity (Wildman–Crippen MR) is 112 cm³/mol. The number of hydrogen-bond donors (Lipinski definition) is 1. The summed E-state index contributed by atoms with van der Waals surface area (Å²) in [5.41, 5.74) is 2.02. The zero-order chi connectivity index (χ0) is 21.5. The van der Waals surface area contributed by atoms with Crippen LogP contribution in [0.15, 0.2) is 52.9 Å². The van der Waals surface area contributed by atoms with Gasteiger partial charge < -0.3 is 19.2 Å². The van der Waals surface area contributed by atoms with Gasteiger partial charge in [0.15, 0.2) is 6.61 Å². The van der Waals surface area contributed by atoms with E-state index in [0.717, 1.165) is 5.56 Å². The summed E-state index contributed by atoms with van der Waals surface area (Å²) >= 11 is 5.12. The van der Waals surface area contributed by atoms with Gasteiger partial charge in [0.25, 0.3) is 10.7 Å². The van der Waals surface area contributed by atoms with Gasteiger partial charge >= 0.3 is 5.97 Å². The van der Waals surface area contributed by atoms with Gasteiger partial charge in [0.2, 0.25) is 5.91 Å². The van der Waals surface area contributed by atoms with Crippen LogP contribution in [0.5, 0.6) is 5.75 Å². The van der Waals surface area contributed by atoms with Crippen molar-refractivity contribution in [1.29, 1.82) is 0 Å². The van der Waals surface area contributed by atoms with Crippen molar-refractivity contribution in [3.05, 3.63) is 70.4 Å². The van der Waals surface area contributed by atoms with Crippen LogP contribution >= 0.6 is 12.2 Å². The number of amides is 1. The Morgan fingerprint density at radius 3 is 2.67 bits per heavy atom. The Hall–Kier alpha value is -3.46. The first-order chi connectivity index (χ1) is 14.4. The van der Waals surface area contributed by atoms with Crippen LogP contribution in [0, 0.1) is 11.8 Å². The molecule has 1 aromatic heterocycles. The SMILES string of the molecule is CCOC(=O)c1ccc(NC(=O)Cn2nc(COc3cccc(C)c3)oc2=S)cc1. The molecule has 0 saturated carbocycles. The van der Waals surface area contributed by atoms with Crippen LogP contribution in [-0.4, -0.2) is 28.3 Å². The number of carbonyl (C=O) groups is 2. The third-order valence-corrected chi connectivity index (χ3v) is 4.27. The van der Waals surface area contributed by atoms with Gasteiger partial charge in [-0.25, -0.2) is 9.48 Å². The van der Waals surface area contributed by atoms with E-state index in [4.69, 9.17) is 26.1 Å². The highest BCUT2D eigenvalue weighted by Gasteiger charge is 2.12. The number of hydrogen-bond acceptors (Lipinski definition) is 7. The summed E-state index contributed by atoms with van der Waals surface area (Å²) in [5, 5.41) is 6.90. The molecule has 1 N–H and O–H groups in total. The Labute approximate surface area is 178 Å². The fourth-order valence-electron chi connectivity index (χ4n) is 2.60. The summed E-state index contributed by atoms with van der Waals surface area (Å²) in [6.45, 7) is 3.98.